The first-order chi connectivity index (χ1) is 13.7. The van der Waals surface area contributed by atoms with Crippen LogP contribution >= 0.6 is 0 Å². The third-order valence-corrected chi connectivity index (χ3v) is 4.78. The number of nitrogens with zero attached hydrogens (tertiary/aromatic N) is 1. The van der Waals surface area contributed by atoms with Crippen molar-refractivity contribution in [2.45, 2.75) is 45.1 Å². The fraction of sp³-hybridized carbons (Fsp3) is 0.364. The molecule has 1 atom stereocenters. The van der Waals surface area contributed by atoms with Crippen LogP contribution in [-0.2, 0) is 11.2 Å². The summed E-state index contributed by atoms with van der Waals surface area (Å²) in [5, 5.41) is 0. The summed E-state index contributed by atoms with van der Waals surface area (Å²) in [7, 11) is 0. The minimum Gasteiger partial charge on any atom is -0.474 e. The zero-order chi connectivity index (χ0) is 21.2. The van der Waals surface area contributed by atoms with Gasteiger partial charge in [0.05, 0.1) is 13.0 Å². The quantitative estimate of drug-likeness (QED) is 0.485. The molecule has 4 nitrogen and oxygen atoms in total. The molecule has 0 fully saturated rings. The van der Waals surface area contributed by atoms with Gasteiger partial charge in [-0.1, -0.05) is 18.7 Å². The predicted octanol–water partition coefficient (Wildman–Crippen LogP) is 5.28. The molecule has 0 bridgehead atoms. The molecule has 1 aliphatic rings. The average Bonchev–Trinajstić information content (AvgIpc) is 2.67. The first-order valence-electron chi connectivity index (χ1n) is 9.39. The van der Waals surface area contributed by atoms with Crippen molar-refractivity contribution in [3.63, 3.8) is 0 Å². The highest BCUT2D eigenvalue weighted by atomic mass is 19.3. The maximum absolute atomic E-state index is 14.6. The standard InChI is InChI=1S/C22H22F3NO3/c1-4-22(24,25)12-14-7-9-16-17(15-8-6-13(3)10-18(15)23)11-19(21(27)28-5-2)26-20(16)29-14/h4,6,8,10-11,14H,1,5,7,9,12H2,2-3H3/t14-/m0/s1. The Hall–Kier alpha value is -2.83. The average molecular weight is 405 g/mol. The van der Waals surface area contributed by atoms with Gasteiger partial charge >= 0.3 is 5.97 Å². The smallest absolute Gasteiger partial charge is 0.357 e. The van der Waals surface area contributed by atoms with E-state index in [2.05, 4.69) is 11.6 Å². The van der Waals surface area contributed by atoms with Crippen LogP contribution in [0, 0.1) is 12.7 Å². The van der Waals surface area contributed by atoms with E-state index in [9.17, 15) is 18.0 Å². The number of ether oxygens (including phenoxy) is 2. The van der Waals surface area contributed by atoms with Crippen molar-refractivity contribution in [3.05, 3.63) is 59.6 Å². The predicted molar refractivity (Wildman–Crippen MR) is 103 cm³/mol. The highest BCUT2D eigenvalue weighted by Gasteiger charge is 2.34. The van der Waals surface area contributed by atoms with E-state index >= 15 is 0 Å². The van der Waals surface area contributed by atoms with Crippen LogP contribution in [0.4, 0.5) is 13.2 Å². The van der Waals surface area contributed by atoms with Crippen molar-refractivity contribution < 1.29 is 27.4 Å². The molecule has 0 saturated heterocycles. The molecular formula is C22H22F3NO3. The Bertz CT molecular complexity index is 943. The monoisotopic (exact) mass is 405 g/mol. The van der Waals surface area contributed by atoms with Crippen LogP contribution in [0.15, 0.2) is 36.9 Å². The molecule has 3 rings (SSSR count). The molecular weight excluding hydrogens is 383 g/mol. The Morgan fingerprint density at radius 1 is 1.38 bits per heavy atom. The molecule has 2 aromatic rings. The van der Waals surface area contributed by atoms with E-state index in [4.69, 9.17) is 9.47 Å². The molecule has 7 heteroatoms. The topological polar surface area (TPSA) is 48.4 Å². The normalized spacial score (nSPS) is 16.0. The van der Waals surface area contributed by atoms with Crippen LogP contribution in [0.3, 0.4) is 0 Å². The lowest BCUT2D eigenvalue weighted by Gasteiger charge is -2.29. The lowest BCUT2D eigenvalue weighted by Crippen LogP contribution is -2.31. The summed E-state index contributed by atoms with van der Waals surface area (Å²) in [5.74, 6) is -4.16. The van der Waals surface area contributed by atoms with Crippen LogP contribution in [0.5, 0.6) is 5.88 Å². The number of allylic oxidation sites excluding steroid dienone is 1. The van der Waals surface area contributed by atoms with E-state index in [1.165, 1.54) is 12.1 Å². The number of carbonyl (C=O) groups excluding carboxylic acids is 1. The lowest BCUT2D eigenvalue weighted by molar-refractivity contribution is -0.00114. The summed E-state index contributed by atoms with van der Waals surface area (Å²) < 4.78 is 52.8. The number of esters is 1. The zero-order valence-electron chi connectivity index (χ0n) is 16.3. The number of fused-ring (bicyclic) bond motifs is 1. The number of aryl methyl sites for hydroxylation is 1. The minimum atomic E-state index is -3.08. The molecule has 0 spiro atoms. The minimum absolute atomic E-state index is 0.0571. The maximum atomic E-state index is 14.6. The van der Waals surface area contributed by atoms with Gasteiger partial charge in [0.2, 0.25) is 5.88 Å². The van der Waals surface area contributed by atoms with Crippen LogP contribution in [0.25, 0.3) is 11.1 Å². The van der Waals surface area contributed by atoms with Crippen molar-refractivity contribution in [3.8, 4) is 17.0 Å². The molecule has 0 amide bonds. The second-order valence-electron chi connectivity index (χ2n) is 6.99. The van der Waals surface area contributed by atoms with Gasteiger partial charge in [-0.05, 0) is 56.0 Å². The number of pyridine rings is 1. The Balaban J connectivity index is 2.07. The number of alkyl halides is 2. The van der Waals surface area contributed by atoms with Crippen LogP contribution in [0.1, 0.15) is 41.4 Å². The Labute approximate surface area is 167 Å². The lowest BCUT2D eigenvalue weighted by atomic mass is 9.92. The van der Waals surface area contributed by atoms with Crippen LogP contribution < -0.4 is 4.74 Å². The molecule has 2 heterocycles. The fourth-order valence-electron chi connectivity index (χ4n) is 3.33. The van der Waals surface area contributed by atoms with Crippen LogP contribution in [0.2, 0.25) is 0 Å². The summed E-state index contributed by atoms with van der Waals surface area (Å²) in [6, 6.07) is 6.23. The number of rotatable bonds is 6. The summed E-state index contributed by atoms with van der Waals surface area (Å²) in [6.45, 7) is 6.71. The number of aromatic nitrogens is 1. The maximum Gasteiger partial charge on any atom is 0.357 e. The van der Waals surface area contributed by atoms with Gasteiger partial charge in [-0.25, -0.2) is 22.9 Å². The zero-order valence-corrected chi connectivity index (χ0v) is 16.3. The summed E-state index contributed by atoms with van der Waals surface area (Å²) in [4.78, 5) is 16.4. The van der Waals surface area contributed by atoms with Gasteiger partial charge in [-0.15, -0.1) is 0 Å². The van der Waals surface area contributed by atoms with E-state index < -0.39 is 30.2 Å². The highest BCUT2D eigenvalue weighted by molar-refractivity contribution is 5.90. The number of benzene rings is 1. The molecule has 29 heavy (non-hydrogen) atoms. The van der Waals surface area contributed by atoms with E-state index in [1.54, 1.807) is 26.0 Å². The Morgan fingerprint density at radius 3 is 2.79 bits per heavy atom. The molecule has 0 saturated carbocycles. The first kappa shape index (κ1) is 20.9. The van der Waals surface area contributed by atoms with Gasteiger partial charge in [0.15, 0.2) is 5.69 Å². The molecule has 1 aromatic heterocycles. The summed E-state index contributed by atoms with van der Waals surface area (Å²) in [6.07, 6.45) is -0.0727. The Morgan fingerprint density at radius 2 is 2.14 bits per heavy atom. The highest BCUT2D eigenvalue weighted by Crippen LogP contribution is 2.38. The van der Waals surface area contributed by atoms with Gasteiger partial charge in [-0.3, -0.25) is 0 Å². The molecule has 0 radical (unpaired) electrons. The van der Waals surface area contributed by atoms with Gasteiger partial charge in [0.25, 0.3) is 5.92 Å². The van der Waals surface area contributed by atoms with E-state index in [-0.39, 0.29) is 18.2 Å². The molecule has 0 unspecified atom stereocenters. The van der Waals surface area contributed by atoms with Crippen molar-refractivity contribution >= 4 is 5.97 Å². The molecule has 0 aliphatic carbocycles. The van der Waals surface area contributed by atoms with Gasteiger partial charge in [0, 0.05) is 11.1 Å². The van der Waals surface area contributed by atoms with Gasteiger partial charge in [0.1, 0.15) is 11.9 Å². The number of hydrogen-bond donors (Lipinski definition) is 0. The van der Waals surface area contributed by atoms with E-state index in [0.717, 1.165) is 5.56 Å². The number of halogens is 3. The Kier molecular flexibility index (Phi) is 5.96. The third-order valence-electron chi connectivity index (χ3n) is 4.78. The summed E-state index contributed by atoms with van der Waals surface area (Å²) >= 11 is 0. The molecule has 1 aromatic carbocycles. The van der Waals surface area contributed by atoms with Crippen molar-refractivity contribution in [1.29, 1.82) is 0 Å². The number of carbonyl (C=O) groups is 1. The molecule has 0 N–H and O–H groups in total. The fourth-order valence-corrected chi connectivity index (χ4v) is 3.33. The van der Waals surface area contributed by atoms with E-state index in [1.807, 2.05) is 0 Å². The van der Waals surface area contributed by atoms with Crippen molar-refractivity contribution in [2.24, 2.45) is 0 Å². The van der Waals surface area contributed by atoms with E-state index in [0.29, 0.717) is 35.6 Å². The summed E-state index contributed by atoms with van der Waals surface area (Å²) in [5.41, 5.74) is 2.01. The van der Waals surface area contributed by atoms with Crippen LogP contribution in [-0.4, -0.2) is 29.6 Å². The second kappa shape index (κ2) is 8.27. The molecule has 1 aliphatic heterocycles. The van der Waals surface area contributed by atoms with Gasteiger partial charge in [-0.2, -0.15) is 0 Å². The number of hydrogen-bond acceptors (Lipinski definition) is 4. The first-order valence-corrected chi connectivity index (χ1v) is 9.39. The van der Waals surface area contributed by atoms with Crippen molar-refractivity contribution in [2.75, 3.05) is 6.61 Å². The third kappa shape index (κ3) is 4.60. The SMILES string of the molecule is C=CC(F)(F)C[C@@H]1CCc2c(-c3ccc(C)cc3F)cc(C(=O)OCC)nc2O1. The van der Waals surface area contributed by atoms with Crippen molar-refractivity contribution in [1.82, 2.24) is 4.98 Å². The second-order valence-corrected chi connectivity index (χ2v) is 6.99. The van der Waals surface area contributed by atoms with Gasteiger partial charge < -0.3 is 9.47 Å². The molecule has 154 valence electrons. The largest absolute Gasteiger partial charge is 0.474 e.